The van der Waals surface area contributed by atoms with Crippen LogP contribution in [0.2, 0.25) is 0 Å². The first kappa shape index (κ1) is 15.3. The van der Waals surface area contributed by atoms with Crippen molar-refractivity contribution in [3.63, 3.8) is 0 Å². The largest absolute Gasteiger partial charge is 0.389 e. The Morgan fingerprint density at radius 2 is 2.19 bits per heavy atom. The average Bonchev–Trinajstić information content (AvgIpc) is 2.78. The van der Waals surface area contributed by atoms with E-state index in [9.17, 15) is 9.90 Å². The van der Waals surface area contributed by atoms with Crippen LogP contribution in [-0.2, 0) is 6.54 Å². The number of likely N-dealkylation sites (N-methyl/N-ethyl adjacent to an activating group) is 1. The zero-order valence-electron chi connectivity index (χ0n) is 12.9. The summed E-state index contributed by atoms with van der Waals surface area (Å²) in [4.78, 5) is 17.9. The number of hydrogen-bond donors (Lipinski definition) is 2. The van der Waals surface area contributed by atoms with Gasteiger partial charge >= 0.3 is 6.03 Å². The van der Waals surface area contributed by atoms with E-state index in [4.69, 9.17) is 0 Å². The van der Waals surface area contributed by atoms with E-state index in [2.05, 4.69) is 10.3 Å². The number of aromatic nitrogens is 2. The van der Waals surface area contributed by atoms with E-state index in [1.165, 1.54) is 4.90 Å². The molecule has 0 unspecified atom stereocenters. The first-order valence-electron chi connectivity index (χ1n) is 6.91. The summed E-state index contributed by atoms with van der Waals surface area (Å²) in [5.74, 6) is 0. The van der Waals surface area contributed by atoms with Gasteiger partial charge in [0.2, 0.25) is 0 Å². The second-order valence-electron chi connectivity index (χ2n) is 5.95. The van der Waals surface area contributed by atoms with Gasteiger partial charge in [0.05, 0.1) is 24.4 Å². The zero-order chi connectivity index (χ0) is 15.6. The highest BCUT2D eigenvalue weighted by Crippen LogP contribution is 2.08. The van der Waals surface area contributed by atoms with Gasteiger partial charge in [0, 0.05) is 18.9 Å². The molecule has 2 aromatic rings. The van der Waals surface area contributed by atoms with E-state index in [0.29, 0.717) is 6.54 Å². The second-order valence-corrected chi connectivity index (χ2v) is 5.95. The molecule has 0 bridgehead atoms. The summed E-state index contributed by atoms with van der Waals surface area (Å²) in [6.45, 7) is 5.97. The third kappa shape index (κ3) is 3.95. The maximum absolute atomic E-state index is 11.9. The zero-order valence-corrected chi connectivity index (χ0v) is 12.9. The molecule has 6 heteroatoms. The van der Waals surface area contributed by atoms with Crippen LogP contribution >= 0.6 is 0 Å². The SMILES string of the molecule is Cc1cccc2nc(CNC(=O)N(C)CC(C)(C)O)cn12. The minimum atomic E-state index is -0.910. The van der Waals surface area contributed by atoms with Crippen LogP contribution in [0.1, 0.15) is 25.2 Å². The van der Waals surface area contributed by atoms with Crippen molar-refractivity contribution in [3.8, 4) is 0 Å². The minimum absolute atomic E-state index is 0.231. The first-order valence-corrected chi connectivity index (χ1v) is 6.91. The van der Waals surface area contributed by atoms with Crippen molar-refractivity contribution < 1.29 is 9.90 Å². The van der Waals surface area contributed by atoms with Crippen LogP contribution in [0.25, 0.3) is 5.65 Å². The van der Waals surface area contributed by atoms with E-state index >= 15 is 0 Å². The molecule has 21 heavy (non-hydrogen) atoms. The van der Waals surface area contributed by atoms with Crippen LogP contribution in [0.4, 0.5) is 4.79 Å². The molecule has 114 valence electrons. The topological polar surface area (TPSA) is 69.9 Å². The van der Waals surface area contributed by atoms with Crippen molar-refractivity contribution in [2.45, 2.75) is 32.9 Å². The van der Waals surface area contributed by atoms with Crippen molar-refractivity contribution in [2.24, 2.45) is 0 Å². The Balaban J connectivity index is 1.98. The third-order valence-corrected chi connectivity index (χ3v) is 3.14. The Hall–Kier alpha value is -2.08. The van der Waals surface area contributed by atoms with E-state index in [-0.39, 0.29) is 12.6 Å². The number of imidazole rings is 1. The van der Waals surface area contributed by atoms with Gasteiger partial charge in [-0.3, -0.25) is 0 Å². The Morgan fingerprint density at radius 3 is 2.81 bits per heavy atom. The number of nitrogens with one attached hydrogen (secondary N) is 1. The molecule has 0 saturated heterocycles. The van der Waals surface area contributed by atoms with Crippen molar-refractivity contribution in [3.05, 3.63) is 35.8 Å². The number of hydrogen-bond acceptors (Lipinski definition) is 3. The molecule has 0 aromatic carbocycles. The monoisotopic (exact) mass is 290 g/mol. The van der Waals surface area contributed by atoms with Gasteiger partial charge in [0.15, 0.2) is 0 Å². The lowest BCUT2D eigenvalue weighted by molar-refractivity contribution is 0.0531. The summed E-state index contributed by atoms with van der Waals surface area (Å²) in [5, 5.41) is 12.5. The molecule has 2 aromatic heterocycles. The number of aryl methyl sites for hydroxylation is 1. The Labute approximate surface area is 124 Å². The molecular weight excluding hydrogens is 268 g/mol. The van der Waals surface area contributed by atoms with E-state index in [1.807, 2.05) is 35.7 Å². The fourth-order valence-electron chi connectivity index (χ4n) is 2.24. The number of fused-ring (bicyclic) bond motifs is 1. The van der Waals surface area contributed by atoms with Gasteiger partial charge in [-0.25, -0.2) is 9.78 Å². The molecule has 0 fully saturated rings. The molecule has 0 aliphatic heterocycles. The summed E-state index contributed by atoms with van der Waals surface area (Å²) < 4.78 is 1.99. The lowest BCUT2D eigenvalue weighted by atomic mass is 10.1. The molecule has 2 amide bonds. The Kier molecular flexibility index (Phi) is 4.18. The molecule has 2 N–H and O–H groups in total. The molecule has 2 heterocycles. The number of aliphatic hydroxyl groups is 1. The molecule has 0 aliphatic carbocycles. The Morgan fingerprint density at radius 1 is 1.48 bits per heavy atom. The summed E-state index contributed by atoms with van der Waals surface area (Å²) in [6.07, 6.45) is 1.92. The van der Waals surface area contributed by atoms with Crippen molar-refractivity contribution >= 4 is 11.7 Å². The van der Waals surface area contributed by atoms with Crippen LogP contribution in [0.3, 0.4) is 0 Å². The van der Waals surface area contributed by atoms with Gasteiger partial charge < -0.3 is 19.7 Å². The fourth-order valence-corrected chi connectivity index (χ4v) is 2.24. The predicted octanol–water partition coefficient (Wildman–Crippen LogP) is 1.56. The highest BCUT2D eigenvalue weighted by Gasteiger charge is 2.19. The number of amides is 2. The Bertz CT molecular complexity index is 643. The number of carbonyl (C=O) groups excluding carboxylic acids is 1. The molecule has 6 nitrogen and oxygen atoms in total. The minimum Gasteiger partial charge on any atom is -0.389 e. The molecule has 0 spiro atoms. The van der Waals surface area contributed by atoms with Gasteiger partial charge in [-0.05, 0) is 32.9 Å². The van der Waals surface area contributed by atoms with E-state index in [0.717, 1.165) is 17.0 Å². The molecule has 0 atom stereocenters. The number of urea groups is 1. The van der Waals surface area contributed by atoms with Crippen molar-refractivity contribution in [1.82, 2.24) is 19.6 Å². The van der Waals surface area contributed by atoms with Gasteiger partial charge in [0.25, 0.3) is 0 Å². The van der Waals surface area contributed by atoms with E-state index < -0.39 is 5.60 Å². The predicted molar refractivity (Wildman–Crippen MR) is 81.1 cm³/mol. The van der Waals surface area contributed by atoms with Crippen LogP contribution in [-0.4, -0.2) is 44.6 Å². The number of nitrogens with zero attached hydrogens (tertiary/aromatic N) is 3. The second kappa shape index (κ2) is 5.73. The summed E-state index contributed by atoms with van der Waals surface area (Å²) >= 11 is 0. The normalized spacial score (nSPS) is 11.7. The summed E-state index contributed by atoms with van der Waals surface area (Å²) in [5.41, 5.74) is 1.85. The van der Waals surface area contributed by atoms with Crippen molar-refractivity contribution in [1.29, 1.82) is 0 Å². The molecule has 0 radical (unpaired) electrons. The number of pyridine rings is 1. The number of carbonyl (C=O) groups is 1. The van der Waals surface area contributed by atoms with Gasteiger partial charge in [0.1, 0.15) is 5.65 Å². The third-order valence-electron chi connectivity index (χ3n) is 3.14. The van der Waals surface area contributed by atoms with Crippen LogP contribution in [0, 0.1) is 6.92 Å². The smallest absolute Gasteiger partial charge is 0.317 e. The molecular formula is C15H22N4O2. The highest BCUT2D eigenvalue weighted by molar-refractivity contribution is 5.73. The lowest BCUT2D eigenvalue weighted by Crippen LogP contribution is -2.44. The quantitative estimate of drug-likeness (QED) is 0.897. The summed E-state index contributed by atoms with van der Waals surface area (Å²) in [6, 6.07) is 5.66. The standard InChI is InChI=1S/C15H22N4O2/c1-11-6-5-7-13-17-12(9-19(11)13)8-16-14(20)18(4)10-15(2,3)21/h5-7,9,21H,8,10H2,1-4H3,(H,16,20). The van der Waals surface area contributed by atoms with Gasteiger partial charge in [-0.15, -0.1) is 0 Å². The molecule has 0 saturated carbocycles. The number of rotatable bonds is 4. The molecule has 0 aliphatic rings. The van der Waals surface area contributed by atoms with Gasteiger partial charge in [-0.2, -0.15) is 0 Å². The van der Waals surface area contributed by atoms with E-state index in [1.54, 1.807) is 20.9 Å². The van der Waals surface area contributed by atoms with Crippen LogP contribution in [0.5, 0.6) is 0 Å². The summed E-state index contributed by atoms with van der Waals surface area (Å²) in [7, 11) is 1.65. The first-order chi connectivity index (χ1) is 9.76. The maximum atomic E-state index is 11.9. The van der Waals surface area contributed by atoms with Crippen LogP contribution in [0.15, 0.2) is 24.4 Å². The lowest BCUT2D eigenvalue weighted by Gasteiger charge is -2.25. The van der Waals surface area contributed by atoms with Crippen molar-refractivity contribution in [2.75, 3.05) is 13.6 Å². The van der Waals surface area contributed by atoms with Crippen LogP contribution < -0.4 is 5.32 Å². The fraction of sp³-hybridized carbons (Fsp3) is 0.467. The highest BCUT2D eigenvalue weighted by atomic mass is 16.3. The molecule has 2 rings (SSSR count). The van der Waals surface area contributed by atoms with Gasteiger partial charge in [-0.1, -0.05) is 6.07 Å². The average molecular weight is 290 g/mol. The maximum Gasteiger partial charge on any atom is 0.317 e.